The normalized spacial score (nSPS) is 11.6. The molecular formula is C14H18ClN3OS. The number of aryl methyl sites for hydroxylation is 2. The van der Waals surface area contributed by atoms with Crippen LogP contribution < -0.4 is 11.1 Å². The summed E-state index contributed by atoms with van der Waals surface area (Å²) in [6.07, 6.45) is 0. The van der Waals surface area contributed by atoms with Gasteiger partial charge in [-0.15, -0.1) is 23.7 Å². The maximum absolute atomic E-state index is 11.5. The monoisotopic (exact) mass is 311 g/mol. The van der Waals surface area contributed by atoms with Gasteiger partial charge in [0.2, 0.25) is 5.91 Å². The molecule has 3 N–H and O–H groups in total. The van der Waals surface area contributed by atoms with Crippen molar-refractivity contribution in [2.24, 2.45) is 5.73 Å². The van der Waals surface area contributed by atoms with E-state index in [0.717, 1.165) is 11.3 Å². The Hall–Kier alpha value is -1.43. The molecule has 2 rings (SSSR count). The summed E-state index contributed by atoms with van der Waals surface area (Å²) in [5.74, 6) is -0.221. The Balaban J connectivity index is 0.00000200. The van der Waals surface area contributed by atoms with Crippen molar-refractivity contribution in [1.82, 2.24) is 4.98 Å². The van der Waals surface area contributed by atoms with E-state index in [0.29, 0.717) is 5.13 Å². The standard InChI is InChI=1S/C14H17N3OS.ClH/c1-8-4-5-11(6-9(8)2)12-7-19-14(16-12)17-13(18)10(3)15;/h4-7,10H,15H2,1-3H3,(H,16,17,18);1H/t10-;/m0./s1. The molecule has 0 bridgehead atoms. The number of nitrogens with zero attached hydrogens (tertiary/aromatic N) is 1. The van der Waals surface area contributed by atoms with Gasteiger partial charge in [-0.25, -0.2) is 4.98 Å². The molecule has 1 aromatic heterocycles. The quantitative estimate of drug-likeness (QED) is 0.915. The van der Waals surface area contributed by atoms with E-state index in [2.05, 4.69) is 36.3 Å². The molecule has 1 amide bonds. The Bertz CT molecular complexity index is 610. The minimum Gasteiger partial charge on any atom is -0.320 e. The number of anilines is 1. The van der Waals surface area contributed by atoms with Crippen LogP contribution in [0.3, 0.4) is 0 Å². The molecule has 1 heterocycles. The Labute approximate surface area is 128 Å². The number of benzene rings is 1. The van der Waals surface area contributed by atoms with Gasteiger partial charge in [0.15, 0.2) is 5.13 Å². The molecule has 0 spiro atoms. The van der Waals surface area contributed by atoms with Crippen LogP contribution in [0.4, 0.5) is 5.13 Å². The number of hydrogen-bond acceptors (Lipinski definition) is 4. The summed E-state index contributed by atoms with van der Waals surface area (Å²) in [6, 6.07) is 5.68. The second kappa shape index (κ2) is 6.83. The van der Waals surface area contributed by atoms with E-state index in [-0.39, 0.29) is 18.3 Å². The van der Waals surface area contributed by atoms with E-state index in [1.807, 2.05) is 11.4 Å². The van der Waals surface area contributed by atoms with Crippen LogP contribution in [0.5, 0.6) is 0 Å². The summed E-state index contributed by atoms with van der Waals surface area (Å²) in [5.41, 5.74) is 9.91. The zero-order chi connectivity index (χ0) is 14.0. The van der Waals surface area contributed by atoms with E-state index in [4.69, 9.17) is 5.73 Å². The molecule has 0 aliphatic heterocycles. The second-order valence-electron chi connectivity index (χ2n) is 4.61. The van der Waals surface area contributed by atoms with Crippen LogP contribution in [0, 0.1) is 13.8 Å². The minimum atomic E-state index is -0.533. The summed E-state index contributed by atoms with van der Waals surface area (Å²) >= 11 is 1.40. The first-order valence-electron chi connectivity index (χ1n) is 6.07. The van der Waals surface area contributed by atoms with Gasteiger partial charge >= 0.3 is 0 Å². The van der Waals surface area contributed by atoms with Gasteiger partial charge < -0.3 is 11.1 Å². The lowest BCUT2D eigenvalue weighted by atomic mass is 10.1. The second-order valence-corrected chi connectivity index (χ2v) is 5.47. The average Bonchev–Trinajstić information content (AvgIpc) is 2.81. The zero-order valence-corrected chi connectivity index (χ0v) is 13.3. The zero-order valence-electron chi connectivity index (χ0n) is 11.6. The van der Waals surface area contributed by atoms with Crippen LogP contribution in [-0.2, 0) is 4.79 Å². The molecule has 0 aliphatic carbocycles. The molecule has 20 heavy (non-hydrogen) atoms. The molecule has 0 radical (unpaired) electrons. The number of thiazole rings is 1. The number of halogens is 1. The lowest BCUT2D eigenvalue weighted by Crippen LogP contribution is -2.32. The average molecular weight is 312 g/mol. The van der Waals surface area contributed by atoms with Gasteiger partial charge in [0.05, 0.1) is 11.7 Å². The third kappa shape index (κ3) is 3.79. The highest BCUT2D eigenvalue weighted by atomic mass is 35.5. The van der Waals surface area contributed by atoms with Crippen LogP contribution >= 0.6 is 23.7 Å². The van der Waals surface area contributed by atoms with Gasteiger partial charge in [-0.3, -0.25) is 4.79 Å². The van der Waals surface area contributed by atoms with Gasteiger partial charge in [-0.05, 0) is 38.0 Å². The first kappa shape index (κ1) is 16.6. The van der Waals surface area contributed by atoms with Gasteiger partial charge in [0.1, 0.15) is 0 Å². The number of aromatic nitrogens is 1. The van der Waals surface area contributed by atoms with Crippen LogP contribution in [0.15, 0.2) is 23.6 Å². The summed E-state index contributed by atoms with van der Waals surface area (Å²) in [4.78, 5) is 15.9. The van der Waals surface area contributed by atoms with Gasteiger partial charge in [0.25, 0.3) is 0 Å². The fourth-order valence-electron chi connectivity index (χ4n) is 1.58. The lowest BCUT2D eigenvalue weighted by Gasteiger charge is -2.04. The van der Waals surface area contributed by atoms with E-state index >= 15 is 0 Å². The number of nitrogens with two attached hydrogens (primary N) is 1. The third-order valence-corrected chi connectivity index (χ3v) is 3.71. The fourth-order valence-corrected chi connectivity index (χ4v) is 2.31. The van der Waals surface area contributed by atoms with Crippen molar-refractivity contribution in [3.05, 3.63) is 34.7 Å². The summed E-state index contributed by atoms with van der Waals surface area (Å²) in [6.45, 7) is 5.80. The molecule has 0 aliphatic rings. The number of carbonyl (C=O) groups excluding carboxylic acids is 1. The van der Waals surface area contributed by atoms with Crippen LogP contribution in [0.1, 0.15) is 18.1 Å². The van der Waals surface area contributed by atoms with Crippen molar-refractivity contribution < 1.29 is 4.79 Å². The molecule has 6 heteroatoms. The third-order valence-electron chi connectivity index (χ3n) is 2.95. The van der Waals surface area contributed by atoms with E-state index in [1.54, 1.807) is 6.92 Å². The Morgan fingerprint density at radius 3 is 2.65 bits per heavy atom. The summed E-state index contributed by atoms with van der Waals surface area (Å²) in [7, 11) is 0. The Kier molecular flexibility index (Phi) is 5.68. The highest BCUT2D eigenvalue weighted by Gasteiger charge is 2.11. The van der Waals surface area contributed by atoms with Crippen molar-refractivity contribution in [2.75, 3.05) is 5.32 Å². The number of hydrogen-bond donors (Lipinski definition) is 2. The number of amides is 1. The number of carbonyl (C=O) groups is 1. The Morgan fingerprint density at radius 1 is 1.35 bits per heavy atom. The number of rotatable bonds is 3. The largest absolute Gasteiger partial charge is 0.320 e. The molecule has 1 aromatic carbocycles. The van der Waals surface area contributed by atoms with Crippen LogP contribution in [0.2, 0.25) is 0 Å². The van der Waals surface area contributed by atoms with Crippen molar-refractivity contribution in [3.8, 4) is 11.3 Å². The first-order chi connectivity index (χ1) is 8.97. The molecule has 0 unspecified atom stereocenters. The molecule has 0 fully saturated rings. The van der Waals surface area contributed by atoms with Crippen LogP contribution in [-0.4, -0.2) is 16.9 Å². The predicted octanol–water partition coefficient (Wildman–Crippen LogP) is 3.13. The SMILES string of the molecule is Cc1ccc(-c2csc(NC(=O)[C@H](C)N)n2)cc1C.Cl. The summed E-state index contributed by atoms with van der Waals surface area (Å²) in [5, 5.41) is 5.21. The van der Waals surface area contributed by atoms with E-state index in [9.17, 15) is 4.79 Å². The topological polar surface area (TPSA) is 68.0 Å². The van der Waals surface area contributed by atoms with Gasteiger partial charge in [-0.1, -0.05) is 12.1 Å². The van der Waals surface area contributed by atoms with Gasteiger partial charge in [0, 0.05) is 10.9 Å². The van der Waals surface area contributed by atoms with Crippen molar-refractivity contribution >= 4 is 34.8 Å². The maximum Gasteiger partial charge on any atom is 0.242 e. The predicted molar refractivity (Wildman–Crippen MR) is 86.6 cm³/mol. The van der Waals surface area contributed by atoms with E-state index in [1.165, 1.54) is 22.5 Å². The number of nitrogens with one attached hydrogen (secondary N) is 1. The van der Waals surface area contributed by atoms with Crippen LogP contribution in [0.25, 0.3) is 11.3 Å². The molecular weight excluding hydrogens is 294 g/mol. The highest BCUT2D eigenvalue weighted by Crippen LogP contribution is 2.26. The molecule has 1 atom stereocenters. The maximum atomic E-state index is 11.5. The first-order valence-corrected chi connectivity index (χ1v) is 6.95. The smallest absolute Gasteiger partial charge is 0.242 e. The summed E-state index contributed by atoms with van der Waals surface area (Å²) < 4.78 is 0. The molecule has 4 nitrogen and oxygen atoms in total. The highest BCUT2D eigenvalue weighted by molar-refractivity contribution is 7.14. The minimum absolute atomic E-state index is 0. The Morgan fingerprint density at radius 2 is 2.05 bits per heavy atom. The molecule has 2 aromatic rings. The van der Waals surface area contributed by atoms with Gasteiger partial charge in [-0.2, -0.15) is 0 Å². The molecule has 0 saturated carbocycles. The van der Waals surface area contributed by atoms with Crippen molar-refractivity contribution in [1.29, 1.82) is 0 Å². The molecule has 108 valence electrons. The van der Waals surface area contributed by atoms with E-state index < -0.39 is 6.04 Å². The molecule has 0 saturated heterocycles. The lowest BCUT2D eigenvalue weighted by molar-refractivity contribution is -0.117. The fraction of sp³-hybridized carbons (Fsp3) is 0.286. The van der Waals surface area contributed by atoms with Crippen molar-refractivity contribution in [2.45, 2.75) is 26.8 Å². The van der Waals surface area contributed by atoms with Crippen molar-refractivity contribution in [3.63, 3.8) is 0 Å².